The van der Waals surface area contributed by atoms with Gasteiger partial charge in [0.25, 0.3) is 0 Å². The summed E-state index contributed by atoms with van der Waals surface area (Å²) in [6.45, 7) is 14.3. The summed E-state index contributed by atoms with van der Waals surface area (Å²) in [5, 5.41) is 7.34. The number of hydrogen-bond donors (Lipinski definition) is 1. The Kier molecular flexibility index (Phi) is 11.6. The molecule has 0 aliphatic carbocycles. The van der Waals surface area contributed by atoms with Crippen molar-refractivity contribution >= 4 is 5.91 Å². The maximum atomic E-state index is 12.3. The van der Waals surface area contributed by atoms with Gasteiger partial charge < -0.3 is 5.32 Å². The van der Waals surface area contributed by atoms with Gasteiger partial charge in [-0.1, -0.05) is 26.8 Å². The van der Waals surface area contributed by atoms with Crippen molar-refractivity contribution in [2.45, 2.75) is 46.5 Å². The van der Waals surface area contributed by atoms with Crippen molar-refractivity contribution < 1.29 is 4.79 Å². The molecule has 0 aliphatic heterocycles. The summed E-state index contributed by atoms with van der Waals surface area (Å²) in [5.74, 6) is 0.223. The van der Waals surface area contributed by atoms with Gasteiger partial charge in [-0.2, -0.15) is 0 Å². The molecule has 0 atom stereocenters. The molecule has 0 spiro atoms. The molecule has 0 heterocycles. The molecule has 4 heteroatoms. The van der Waals surface area contributed by atoms with Crippen molar-refractivity contribution in [3.63, 3.8) is 0 Å². The van der Waals surface area contributed by atoms with E-state index in [0.717, 1.165) is 52.0 Å². The van der Waals surface area contributed by atoms with E-state index in [9.17, 15) is 4.79 Å². The van der Waals surface area contributed by atoms with E-state index < -0.39 is 0 Å². The monoisotopic (exact) mass is 269 g/mol. The normalized spacial score (nSPS) is 10.7. The third kappa shape index (κ3) is 8.01. The summed E-state index contributed by atoms with van der Waals surface area (Å²) < 4.78 is 0. The van der Waals surface area contributed by atoms with Gasteiger partial charge in [0.1, 0.15) is 0 Å². The van der Waals surface area contributed by atoms with E-state index in [-0.39, 0.29) is 5.91 Å². The van der Waals surface area contributed by atoms with Crippen LogP contribution in [0, 0.1) is 0 Å². The fourth-order valence-corrected chi connectivity index (χ4v) is 2.03. The van der Waals surface area contributed by atoms with Gasteiger partial charge in [0.05, 0.1) is 0 Å². The highest BCUT2D eigenvalue weighted by molar-refractivity contribution is 5.75. The van der Waals surface area contributed by atoms with E-state index in [1.807, 2.05) is 11.1 Å². The summed E-state index contributed by atoms with van der Waals surface area (Å²) in [7, 11) is 0. The topological polar surface area (TPSA) is 35.6 Å². The van der Waals surface area contributed by atoms with Crippen LogP contribution >= 0.6 is 0 Å². The molecule has 0 rings (SSSR count). The van der Waals surface area contributed by atoms with E-state index in [0.29, 0.717) is 6.42 Å². The molecule has 0 aromatic rings. The molecular formula is C15H31N3O. The lowest BCUT2D eigenvalue weighted by atomic mass is 10.3. The molecule has 19 heavy (non-hydrogen) atoms. The third-order valence-corrected chi connectivity index (χ3v) is 2.83. The Morgan fingerprint density at radius 2 is 1.68 bits per heavy atom. The van der Waals surface area contributed by atoms with Crippen LogP contribution in [0.2, 0.25) is 0 Å². The molecule has 1 amide bonds. The highest BCUT2D eigenvalue weighted by Gasteiger charge is 2.18. The largest absolute Gasteiger partial charge is 0.313 e. The Morgan fingerprint density at radius 3 is 2.16 bits per heavy atom. The zero-order valence-electron chi connectivity index (χ0n) is 13.0. The molecule has 0 saturated carbocycles. The van der Waals surface area contributed by atoms with Crippen molar-refractivity contribution in [2.24, 2.45) is 0 Å². The molecule has 0 aliphatic rings. The van der Waals surface area contributed by atoms with Crippen LogP contribution in [-0.4, -0.2) is 48.6 Å². The van der Waals surface area contributed by atoms with Crippen LogP contribution in [0.25, 0.3) is 0 Å². The van der Waals surface area contributed by atoms with Crippen molar-refractivity contribution in [3.8, 4) is 0 Å². The minimum atomic E-state index is 0.223. The molecule has 0 bridgehead atoms. The number of carbonyl (C=O) groups excluding carboxylic acids is 1. The number of nitrogens with zero attached hydrogens (tertiary/aromatic N) is 2. The van der Waals surface area contributed by atoms with Crippen molar-refractivity contribution in [1.29, 1.82) is 0 Å². The number of amides is 1. The van der Waals surface area contributed by atoms with Crippen LogP contribution in [0.15, 0.2) is 12.7 Å². The highest BCUT2D eigenvalue weighted by atomic mass is 16.2. The molecule has 4 nitrogen and oxygen atoms in total. The third-order valence-electron chi connectivity index (χ3n) is 2.83. The minimum absolute atomic E-state index is 0.223. The molecule has 0 fully saturated rings. The zero-order chi connectivity index (χ0) is 14.5. The quantitative estimate of drug-likeness (QED) is 0.336. The first-order chi connectivity index (χ1) is 9.21. The maximum absolute atomic E-state index is 12.3. The summed E-state index contributed by atoms with van der Waals surface area (Å²) in [6.07, 6.45) is 5.51. The van der Waals surface area contributed by atoms with E-state index in [1.54, 1.807) is 0 Å². The Balaban J connectivity index is 4.38. The molecule has 1 N–H and O–H groups in total. The van der Waals surface area contributed by atoms with Crippen molar-refractivity contribution in [2.75, 3.05) is 32.7 Å². The second-order valence-electron chi connectivity index (χ2n) is 4.71. The summed E-state index contributed by atoms with van der Waals surface area (Å²) in [6, 6.07) is 0. The van der Waals surface area contributed by atoms with Gasteiger partial charge in [-0.15, -0.1) is 6.58 Å². The van der Waals surface area contributed by atoms with Crippen LogP contribution in [-0.2, 0) is 4.79 Å². The van der Waals surface area contributed by atoms with E-state index >= 15 is 0 Å². The number of rotatable bonds is 12. The Labute approximate surface area is 118 Å². The Hall–Kier alpha value is -0.870. The fraction of sp³-hybridized carbons (Fsp3) is 0.800. The van der Waals surface area contributed by atoms with Crippen LogP contribution in [0.4, 0.5) is 0 Å². The lowest BCUT2D eigenvalue weighted by molar-refractivity contribution is -0.149. The zero-order valence-corrected chi connectivity index (χ0v) is 13.0. The second-order valence-corrected chi connectivity index (χ2v) is 4.71. The van der Waals surface area contributed by atoms with E-state index in [4.69, 9.17) is 0 Å². The van der Waals surface area contributed by atoms with Gasteiger partial charge >= 0.3 is 0 Å². The van der Waals surface area contributed by atoms with Crippen LogP contribution in [0.5, 0.6) is 0 Å². The minimum Gasteiger partial charge on any atom is -0.313 e. The van der Waals surface area contributed by atoms with Gasteiger partial charge in [0.15, 0.2) is 0 Å². The van der Waals surface area contributed by atoms with Crippen molar-refractivity contribution in [3.05, 3.63) is 12.7 Å². The van der Waals surface area contributed by atoms with Crippen LogP contribution in [0.1, 0.15) is 46.5 Å². The van der Waals surface area contributed by atoms with Gasteiger partial charge in [-0.05, 0) is 19.3 Å². The first-order valence-electron chi connectivity index (χ1n) is 7.57. The van der Waals surface area contributed by atoms with Crippen LogP contribution in [0.3, 0.4) is 0 Å². The smallest absolute Gasteiger partial charge is 0.238 e. The number of nitrogens with one attached hydrogen (secondary N) is 1. The molecule has 0 saturated heterocycles. The Morgan fingerprint density at radius 1 is 1.11 bits per heavy atom. The molecular weight excluding hydrogens is 238 g/mol. The summed E-state index contributed by atoms with van der Waals surface area (Å²) >= 11 is 0. The lowest BCUT2D eigenvalue weighted by Crippen LogP contribution is -2.48. The molecule has 0 unspecified atom stereocenters. The molecule has 0 radical (unpaired) electrons. The predicted molar refractivity (Wildman–Crippen MR) is 81.8 cm³/mol. The highest BCUT2D eigenvalue weighted by Crippen LogP contribution is 2.05. The average Bonchev–Trinajstić information content (AvgIpc) is 2.40. The summed E-state index contributed by atoms with van der Waals surface area (Å²) in [4.78, 5) is 12.3. The number of carbonyl (C=O) groups is 1. The maximum Gasteiger partial charge on any atom is 0.238 e. The van der Waals surface area contributed by atoms with Crippen LogP contribution < -0.4 is 5.32 Å². The van der Waals surface area contributed by atoms with Gasteiger partial charge in [-0.25, -0.2) is 5.01 Å². The predicted octanol–water partition coefficient (Wildman–Crippen LogP) is 2.43. The number of hydrazine groups is 1. The molecule has 112 valence electrons. The van der Waals surface area contributed by atoms with E-state index in [2.05, 4.69) is 37.7 Å². The molecule has 0 aromatic carbocycles. The first-order valence-corrected chi connectivity index (χ1v) is 7.57. The summed E-state index contributed by atoms with van der Waals surface area (Å²) in [5.41, 5.74) is 0. The average molecular weight is 269 g/mol. The van der Waals surface area contributed by atoms with Crippen molar-refractivity contribution in [1.82, 2.24) is 15.3 Å². The standard InChI is InChI=1S/C15H31N3O/c1-5-10-16-11-9-15(19)18(14-8-4)17(12-6-2)13-7-3/h5,16H,1,6-14H2,2-4H3. The number of hydrogen-bond acceptors (Lipinski definition) is 3. The van der Waals surface area contributed by atoms with E-state index in [1.165, 1.54) is 0 Å². The molecule has 0 aromatic heterocycles. The SMILES string of the molecule is C=CCNCCC(=O)N(CCC)N(CCC)CCC. The fourth-order valence-electron chi connectivity index (χ4n) is 2.03. The van der Waals surface area contributed by atoms with Gasteiger partial charge in [0.2, 0.25) is 5.91 Å². The van der Waals surface area contributed by atoms with Gasteiger partial charge in [-0.3, -0.25) is 9.80 Å². The van der Waals surface area contributed by atoms with Gasteiger partial charge in [0, 0.05) is 39.1 Å². The second kappa shape index (κ2) is 12.2. The lowest BCUT2D eigenvalue weighted by Gasteiger charge is -2.34. The Bertz CT molecular complexity index is 238. The first kappa shape index (κ1) is 18.1.